The van der Waals surface area contributed by atoms with Crippen LogP contribution in [-0.4, -0.2) is 67.9 Å². The molecule has 178 valence electrons. The molecule has 2 fully saturated rings. The van der Waals surface area contributed by atoms with Crippen LogP contribution in [0.3, 0.4) is 0 Å². The average molecular weight is 465 g/mol. The summed E-state index contributed by atoms with van der Waals surface area (Å²) < 4.78 is 11.5. The number of benzene rings is 2. The Hall–Kier alpha value is -3.43. The van der Waals surface area contributed by atoms with Gasteiger partial charge in [0.25, 0.3) is 0 Å². The second-order valence-corrected chi connectivity index (χ2v) is 8.69. The average Bonchev–Trinajstić information content (AvgIpc) is 3.32. The Morgan fingerprint density at radius 3 is 2.26 bits per heavy atom. The van der Waals surface area contributed by atoms with Gasteiger partial charge in [-0.25, -0.2) is 4.79 Å². The largest absolute Gasteiger partial charge is 0.347 e. The highest BCUT2D eigenvalue weighted by Crippen LogP contribution is 2.34. The van der Waals surface area contributed by atoms with Crippen LogP contribution in [0.25, 0.3) is 0 Å². The van der Waals surface area contributed by atoms with Crippen molar-refractivity contribution >= 4 is 29.2 Å². The normalized spacial score (nSPS) is 19.3. The van der Waals surface area contributed by atoms with E-state index in [0.717, 1.165) is 5.56 Å². The number of ether oxygens (including phenoxy) is 2. The molecule has 4 amide bonds. The molecule has 2 saturated heterocycles. The molecule has 1 N–H and O–H groups in total. The van der Waals surface area contributed by atoms with E-state index in [4.69, 9.17) is 9.47 Å². The Labute approximate surface area is 198 Å². The second-order valence-electron chi connectivity index (χ2n) is 8.69. The maximum Gasteiger partial charge on any atom is 0.322 e. The van der Waals surface area contributed by atoms with Crippen molar-refractivity contribution in [3.8, 4) is 0 Å². The van der Waals surface area contributed by atoms with Gasteiger partial charge >= 0.3 is 6.03 Å². The predicted molar refractivity (Wildman–Crippen MR) is 125 cm³/mol. The lowest BCUT2D eigenvalue weighted by molar-refractivity contribution is -0.187. The van der Waals surface area contributed by atoms with Crippen molar-refractivity contribution in [1.82, 2.24) is 10.2 Å². The minimum Gasteiger partial charge on any atom is -0.347 e. The fourth-order valence-electron chi connectivity index (χ4n) is 4.70. The minimum absolute atomic E-state index is 0.0654. The second kappa shape index (κ2) is 9.44. The number of hydrogen-bond acceptors (Lipinski definition) is 5. The smallest absolute Gasteiger partial charge is 0.322 e. The van der Waals surface area contributed by atoms with E-state index in [1.165, 1.54) is 9.80 Å². The molecule has 0 saturated carbocycles. The van der Waals surface area contributed by atoms with Crippen molar-refractivity contribution in [3.63, 3.8) is 0 Å². The van der Waals surface area contributed by atoms with E-state index in [1.807, 2.05) is 36.4 Å². The molecule has 9 nitrogen and oxygen atoms in total. The van der Waals surface area contributed by atoms with Gasteiger partial charge in [-0.15, -0.1) is 0 Å². The summed E-state index contributed by atoms with van der Waals surface area (Å²) in [4.78, 5) is 43.7. The van der Waals surface area contributed by atoms with Crippen LogP contribution in [0.5, 0.6) is 0 Å². The number of likely N-dealkylation sites (tertiary alicyclic amines) is 1. The van der Waals surface area contributed by atoms with Crippen molar-refractivity contribution in [1.29, 1.82) is 0 Å². The maximum atomic E-state index is 13.1. The summed E-state index contributed by atoms with van der Waals surface area (Å²) in [6.45, 7) is 2.39. The van der Waals surface area contributed by atoms with Crippen LogP contribution in [0.2, 0.25) is 0 Å². The van der Waals surface area contributed by atoms with Gasteiger partial charge in [0, 0.05) is 32.5 Å². The van der Waals surface area contributed by atoms with E-state index in [0.29, 0.717) is 57.1 Å². The summed E-state index contributed by atoms with van der Waals surface area (Å²) in [6, 6.07) is 16.4. The fourth-order valence-corrected chi connectivity index (χ4v) is 4.70. The first kappa shape index (κ1) is 22.4. The lowest BCUT2D eigenvalue weighted by Gasteiger charge is -2.39. The highest BCUT2D eigenvalue weighted by Gasteiger charge is 2.41. The number of piperidine rings is 1. The minimum atomic E-state index is -0.558. The molecule has 2 aromatic carbocycles. The van der Waals surface area contributed by atoms with E-state index in [9.17, 15) is 14.4 Å². The van der Waals surface area contributed by atoms with Gasteiger partial charge < -0.3 is 19.7 Å². The van der Waals surface area contributed by atoms with Crippen molar-refractivity contribution in [3.05, 3.63) is 60.2 Å². The summed E-state index contributed by atoms with van der Waals surface area (Å²) in [5, 5.41) is 2.88. The number of nitrogens with zero attached hydrogens (tertiary/aromatic N) is 3. The standard InChI is InChI=1S/C25H28N4O5/c30-22(27-12-10-25(11-13-27)33-14-15-34-25)17-28-20-8-4-5-9-21(20)29(18-23(28)31)24(32)26-16-19-6-2-1-3-7-19/h1-9H,10-18H2,(H,26,32). The van der Waals surface area contributed by atoms with Crippen molar-refractivity contribution < 1.29 is 23.9 Å². The van der Waals surface area contributed by atoms with Gasteiger partial charge in [-0.1, -0.05) is 42.5 Å². The van der Waals surface area contributed by atoms with Gasteiger partial charge in [-0.2, -0.15) is 0 Å². The van der Waals surface area contributed by atoms with Gasteiger partial charge in [-0.3, -0.25) is 19.4 Å². The van der Waals surface area contributed by atoms with Crippen LogP contribution in [0, 0.1) is 0 Å². The third-order valence-electron chi connectivity index (χ3n) is 6.57. The molecule has 0 aromatic heterocycles. The van der Waals surface area contributed by atoms with Crippen LogP contribution in [0.15, 0.2) is 54.6 Å². The number of carbonyl (C=O) groups excluding carboxylic acids is 3. The molecule has 2 aromatic rings. The molecular weight excluding hydrogens is 436 g/mol. The Balaban J connectivity index is 1.26. The predicted octanol–water partition coefficient (Wildman–Crippen LogP) is 2.11. The summed E-state index contributed by atoms with van der Waals surface area (Å²) in [5.74, 6) is -0.978. The zero-order chi connectivity index (χ0) is 23.5. The molecule has 0 aliphatic carbocycles. The molecule has 0 bridgehead atoms. The van der Waals surface area contributed by atoms with Gasteiger partial charge in [0.1, 0.15) is 13.1 Å². The number of para-hydroxylation sites is 2. The third kappa shape index (κ3) is 4.49. The quantitative estimate of drug-likeness (QED) is 0.749. The lowest BCUT2D eigenvalue weighted by atomic mass is 10.0. The number of urea groups is 1. The Morgan fingerprint density at radius 2 is 1.56 bits per heavy atom. The first-order chi connectivity index (χ1) is 16.5. The number of nitrogens with one attached hydrogen (secondary N) is 1. The lowest BCUT2D eigenvalue weighted by Crippen LogP contribution is -2.55. The monoisotopic (exact) mass is 464 g/mol. The van der Waals surface area contributed by atoms with E-state index >= 15 is 0 Å². The van der Waals surface area contributed by atoms with E-state index < -0.39 is 5.79 Å². The highest BCUT2D eigenvalue weighted by atomic mass is 16.7. The number of carbonyl (C=O) groups is 3. The van der Waals surface area contributed by atoms with Crippen LogP contribution in [0.4, 0.5) is 16.2 Å². The van der Waals surface area contributed by atoms with Crippen LogP contribution >= 0.6 is 0 Å². The van der Waals surface area contributed by atoms with Crippen LogP contribution < -0.4 is 15.1 Å². The van der Waals surface area contributed by atoms with Gasteiger partial charge in [0.2, 0.25) is 11.8 Å². The summed E-state index contributed by atoms with van der Waals surface area (Å²) in [6.07, 6.45) is 1.25. The Morgan fingerprint density at radius 1 is 0.912 bits per heavy atom. The molecule has 0 unspecified atom stereocenters. The van der Waals surface area contributed by atoms with Crippen molar-refractivity contribution in [2.45, 2.75) is 25.2 Å². The first-order valence-corrected chi connectivity index (χ1v) is 11.6. The van der Waals surface area contributed by atoms with Gasteiger partial charge in [-0.05, 0) is 17.7 Å². The summed E-state index contributed by atoms with van der Waals surface area (Å²) >= 11 is 0. The van der Waals surface area contributed by atoms with Crippen molar-refractivity contribution in [2.24, 2.45) is 0 Å². The molecule has 3 aliphatic heterocycles. The SMILES string of the molecule is O=C(CN1C(=O)CN(C(=O)NCc2ccccc2)c2ccccc21)N1CCC2(CC1)OCCO2. The fraction of sp³-hybridized carbons (Fsp3) is 0.400. The number of fused-ring (bicyclic) bond motifs is 1. The molecule has 0 atom stereocenters. The zero-order valence-corrected chi connectivity index (χ0v) is 18.9. The molecule has 0 radical (unpaired) electrons. The Bertz CT molecular complexity index is 1060. The molecule has 9 heteroatoms. The van der Waals surface area contributed by atoms with Crippen molar-refractivity contribution in [2.75, 3.05) is 49.2 Å². The first-order valence-electron chi connectivity index (χ1n) is 11.6. The summed E-state index contributed by atoms with van der Waals surface area (Å²) in [7, 11) is 0. The highest BCUT2D eigenvalue weighted by molar-refractivity contribution is 6.12. The van der Waals surface area contributed by atoms with E-state index in [-0.39, 0.29) is 30.9 Å². The third-order valence-corrected chi connectivity index (χ3v) is 6.57. The van der Waals surface area contributed by atoms with E-state index in [2.05, 4.69) is 5.32 Å². The van der Waals surface area contributed by atoms with Gasteiger partial charge in [0.05, 0.1) is 24.6 Å². The number of hydrogen-bond donors (Lipinski definition) is 1. The molecule has 3 heterocycles. The maximum absolute atomic E-state index is 13.1. The topological polar surface area (TPSA) is 91.4 Å². The summed E-state index contributed by atoms with van der Waals surface area (Å²) in [5.41, 5.74) is 2.13. The Kier molecular flexibility index (Phi) is 6.21. The molecule has 5 rings (SSSR count). The van der Waals surface area contributed by atoms with E-state index in [1.54, 1.807) is 23.1 Å². The van der Waals surface area contributed by atoms with Crippen LogP contribution in [-0.2, 0) is 25.6 Å². The zero-order valence-electron chi connectivity index (χ0n) is 18.9. The molecule has 1 spiro atoms. The molecule has 3 aliphatic rings. The number of rotatable bonds is 4. The van der Waals surface area contributed by atoms with Gasteiger partial charge in [0.15, 0.2) is 5.79 Å². The molecular formula is C25H28N4O5. The van der Waals surface area contributed by atoms with Crippen LogP contribution in [0.1, 0.15) is 18.4 Å². The number of anilines is 2. The number of amides is 4. The molecule has 34 heavy (non-hydrogen) atoms.